The second-order valence-electron chi connectivity index (χ2n) is 7.34. The summed E-state index contributed by atoms with van der Waals surface area (Å²) in [6.07, 6.45) is 6.12. The van der Waals surface area contributed by atoms with Gasteiger partial charge in [-0.15, -0.1) is 11.3 Å². The molecule has 2 heterocycles. The zero-order valence-corrected chi connectivity index (χ0v) is 17.2. The SMILES string of the molecule is Cc1cc(/C=C(/C#N)c2cccc(F)c2)c(C)n1-c1sc2c(c1C#N)CCCC2. The molecular formula is C24H20FN3S. The summed E-state index contributed by atoms with van der Waals surface area (Å²) in [5.74, 6) is -0.364. The highest BCUT2D eigenvalue weighted by atomic mass is 32.1. The van der Waals surface area contributed by atoms with Crippen molar-refractivity contribution in [2.45, 2.75) is 39.5 Å². The Morgan fingerprint density at radius 3 is 2.69 bits per heavy atom. The number of hydrogen-bond donors (Lipinski definition) is 0. The van der Waals surface area contributed by atoms with Crippen LogP contribution in [0.4, 0.5) is 4.39 Å². The van der Waals surface area contributed by atoms with E-state index in [0.29, 0.717) is 11.1 Å². The maximum absolute atomic E-state index is 13.6. The highest BCUT2D eigenvalue weighted by Gasteiger charge is 2.23. The average molecular weight is 402 g/mol. The maximum atomic E-state index is 13.6. The Morgan fingerprint density at radius 1 is 1.17 bits per heavy atom. The van der Waals surface area contributed by atoms with Gasteiger partial charge in [-0.3, -0.25) is 0 Å². The third-order valence-corrected chi connectivity index (χ3v) is 6.77. The molecule has 0 saturated carbocycles. The predicted molar refractivity (Wildman–Crippen MR) is 114 cm³/mol. The van der Waals surface area contributed by atoms with E-state index in [1.807, 2.05) is 19.9 Å². The Kier molecular flexibility index (Phi) is 5.09. The number of halogens is 1. The van der Waals surface area contributed by atoms with Gasteiger partial charge in [0.25, 0.3) is 0 Å². The van der Waals surface area contributed by atoms with E-state index in [-0.39, 0.29) is 5.82 Å². The maximum Gasteiger partial charge on any atom is 0.123 e. The minimum atomic E-state index is -0.364. The minimum Gasteiger partial charge on any atom is -0.308 e. The Hall–Kier alpha value is -3.15. The van der Waals surface area contributed by atoms with Gasteiger partial charge in [-0.05, 0) is 80.5 Å². The molecule has 0 atom stereocenters. The summed E-state index contributed by atoms with van der Waals surface area (Å²) >= 11 is 1.71. The lowest BCUT2D eigenvalue weighted by Crippen LogP contribution is -2.02. The number of nitriles is 2. The van der Waals surface area contributed by atoms with E-state index < -0.39 is 0 Å². The molecule has 3 aromatic rings. The van der Waals surface area contributed by atoms with Gasteiger partial charge in [0.15, 0.2) is 0 Å². The van der Waals surface area contributed by atoms with E-state index >= 15 is 0 Å². The molecule has 3 nitrogen and oxygen atoms in total. The second-order valence-corrected chi connectivity index (χ2v) is 8.43. The first kappa shape index (κ1) is 19.2. The standard InChI is InChI=1S/C24H20FN3S/c1-15-10-18(11-19(13-26)17-6-5-7-20(25)12-17)16(2)28(15)24-22(14-27)21-8-3-4-9-23(21)29-24/h5-7,10-12H,3-4,8-9H2,1-2H3/b19-11-. The van der Waals surface area contributed by atoms with Crippen LogP contribution in [0.1, 0.15) is 51.4 Å². The number of allylic oxidation sites excluding steroid dienone is 1. The van der Waals surface area contributed by atoms with Crippen molar-refractivity contribution < 1.29 is 4.39 Å². The average Bonchev–Trinajstić information content (AvgIpc) is 3.21. The zero-order valence-electron chi connectivity index (χ0n) is 16.4. The molecule has 0 aliphatic heterocycles. The van der Waals surface area contributed by atoms with Gasteiger partial charge >= 0.3 is 0 Å². The van der Waals surface area contributed by atoms with Crippen LogP contribution >= 0.6 is 11.3 Å². The fourth-order valence-corrected chi connectivity index (χ4v) is 5.51. The first-order chi connectivity index (χ1) is 14.0. The summed E-state index contributed by atoms with van der Waals surface area (Å²) in [6.45, 7) is 4.01. The number of rotatable bonds is 3. The fourth-order valence-electron chi connectivity index (χ4n) is 4.06. The first-order valence-electron chi connectivity index (χ1n) is 9.65. The number of nitrogens with zero attached hydrogens (tertiary/aromatic N) is 3. The highest BCUT2D eigenvalue weighted by Crippen LogP contribution is 2.38. The minimum absolute atomic E-state index is 0.364. The summed E-state index contributed by atoms with van der Waals surface area (Å²) in [6, 6.07) is 12.7. The van der Waals surface area contributed by atoms with Crippen LogP contribution in [0.15, 0.2) is 30.3 Å². The smallest absolute Gasteiger partial charge is 0.123 e. The van der Waals surface area contributed by atoms with Gasteiger partial charge in [-0.2, -0.15) is 10.5 Å². The molecule has 4 rings (SSSR count). The molecule has 1 aliphatic rings. The molecule has 0 spiro atoms. The number of thiophene rings is 1. The Balaban J connectivity index is 1.84. The van der Waals surface area contributed by atoms with Gasteiger partial charge in [0, 0.05) is 16.3 Å². The predicted octanol–water partition coefficient (Wildman–Crippen LogP) is 6.11. The van der Waals surface area contributed by atoms with Crippen LogP contribution in [-0.2, 0) is 12.8 Å². The van der Waals surface area contributed by atoms with Crippen molar-refractivity contribution in [2.24, 2.45) is 0 Å². The van der Waals surface area contributed by atoms with Crippen molar-refractivity contribution in [3.63, 3.8) is 0 Å². The molecule has 0 radical (unpaired) electrons. The number of fused-ring (bicyclic) bond motifs is 1. The monoisotopic (exact) mass is 401 g/mol. The van der Waals surface area contributed by atoms with Crippen LogP contribution in [0.3, 0.4) is 0 Å². The van der Waals surface area contributed by atoms with Gasteiger partial charge in [0.1, 0.15) is 16.9 Å². The Bertz CT molecular complexity index is 1210. The van der Waals surface area contributed by atoms with Crippen molar-refractivity contribution in [1.29, 1.82) is 10.5 Å². The summed E-state index contributed by atoms with van der Waals surface area (Å²) < 4.78 is 15.7. The van der Waals surface area contributed by atoms with E-state index in [1.165, 1.54) is 29.0 Å². The summed E-state index contributed by atoms with van der Waals surface area (Å²) in [7, 11) is 0. The topological polar surface area (TPSA) is 52.5 Å². The lowest BCUT2D eigenvalue weighted by molar-refractivity contribution is 0.627. The van der Waals surface area contributed by atoms with Gasteiger partial charge < -0.3 is 4.57 Å². The van der Waals surface area contributed by atoms with E-state index in [2.05, 4.69) is 16.7 Å². The van der Waals surface area contributed by atoms with E-state index in [1.54, 1.807) is 29.5 Å². The molecule has 0 N–H and O–H groups in total. The van der Waals surface area contributed by atoms with Crippen LogP contribution in [0.2, 0.25) is 0 Å². The number of benzene rings is 1. The lowest BCUT2D eigenvalue weighted by Gasteiger charge is -2.10. The van der Waals surface area contributed by atoms with Crippen LogP contribution in [0, 0.1) is 42.3 Å². The van der Waals surface area contributed by atoms with Gasteiger partial charge in [0.05, 0.1) is 17.2 Å². The van der Waals surface area contributed by atoms with Crippen molar-refractivity contribution in [3.05, 3.63) is 74.7 Å². The Morgan fingerprint density at radius 2 is 1.97 bits per heavy atom. The summed E-state index contributed by atoms with van der Waals surface area (Å²) in [5, 5.41) is 20.4. The number of hydrogen-bond acceptors (Lipinski definition) is 3. The van der Waals surface area contributed by atoms with E-state index in [4.69, 9.17) is 0 Å². The van der Waals surface area contributed by atoms with Crippen LogP contribution in [0.5, 0.6) is 0 Å². The Labute approximate surface area is 174 Å². The molecule has 2 aromatic heterocycles. The molecule has 0 unspecified atom stereocenters. The first-order valence-corrected chi connectivity index (χ1v) is 10.5. The van der Waals surface area contributed by atoms with Crippen molar-refractivity contribution in [2.75, 3.05) is 0 Å². The summed E-state index contributed by atoms with van der Waals surface area (Å²) in [4.78, 5) is 1.32. The highest BCUT2D eigenvalue weighted by molar-refractivity contribution is 7.15. The molecule has 0 amide bonds. The molecule has 0 fully saturated rings. The van der Waals surface area contributed by atoms with Gasteiger partial charge in [-0.25, -0.2) is 4.39 Å². The van der Waals surface area contributed by atoms with Crippen LogP contribution in [0.25, 0.3) is 16.7 Å². The molecule has 29 heavy (non-hydrogen) atoms. The zero-order chi connectivity index (χ0) is 20.5. The fraction of sp³-hybridized carbons (Fsp3) is 0.250. The third-order valence-electron chi connectivity index (χ3n) is 5.49. The largest absolute Gasteiger partial charge is 0.308 e. The molecule has 1 aliphatic carbocycles. The van der Waals surface area contributed by atoms with Crippen molar-refractivity contribution >= 4 is 23.0 Å². The number of aryl methyl sites for hydroxylation is 2. The quantitative estimate of drug-likeness (QED) is 0.497. The third kappa shape index (κ3) is 3.39. The summed E-state index contributed by atoms with van der Waals surface area (Å²) in [5.41, 5.74) is 5.85. The van der Waals surface area contributed by atoms with Crippen molar-refractivity contribution in [3.8, 4) is 17.1 Å². The molecule has 0 saturated heterocycles. The van der Waals surface area contributed by atoms with E-state index in [9.17, 15) is 14.9 Å². The normalized spacial score (nSPS) is 13.6. The van der Waals surface area contributed by atoms with Gasteiger partial charge in [-0.1, -0.05) is 12.1 Å². The number of aromatic nitrogens is 1. The molecule has 0 bridgehead atoms. The van der Waals surface area contributed by atoms with E-state index in [0.717, 1.165) is 46.8 Å². The van der Waals surface area contributed by atoms with Crippen LogP contribution < -0.4 is 0 Å². The molecule has 1 aromatic carbocycles. The second kappa shape index (κ2) is 7.70. The van der Waals surface area contributed by atoms with Crippen LogP contribution in [-0.4, -0.2) is 4.57 Å². The van der Waals surface area contributed by atoms with Gasteiger partial charge in [0.2, 0.25) is 0 Å². The lowest BCUT2D eigenvalue weighted by atomic mass is 9.96. The molecule has 144 valence electrons. The van der Waals surface area contributed by atoms with Crippen molar-refractivity contribution in [1.82, 2.24) is 4.57 Å². The molecular weight excluding hydrogens is 381 g/mol. The molecule has 5 heteroatoms.